The molecule has 0 aliphatic heterocycles. The van der Waals surface area contributed by atoms with E-state index in [9.17, 15) is 4.79 Å². The van der Waals surface area contributed by atoms with E-state index in [4.69, 9.17) is 5.11 Å². The van der Waals surface area contributed by atoms with Gasteiger partial charge in [0, 0.05) is 26.7 Å². The standard InChI is InChI=1S/C10H20N2O2/c1-12(2)10(14)6-11-9-5-3-4-8(9)7-13/h8-9,11,13H,3-7H2,1-2H3. The van der Waals surface area contributed by atoms with Crippen molar-refractivity contribution in [2.24, 2.45) is 5.92 Å². The average molecular weight is 200 g/mol. The largest absolute Gasteiger partial charge is 0.396 e. The average Bonchev–Trinajstić information content (AvgIpc) is 2.60. The Kier molecular flexibility index (Phi) is 4.35. The summed E-state index contributed by atoms with van der Waals surface area (Å²) in [5.74, 6) is 0.429. The van der Waals surface area contributed by atoms with Gasteiger partial charge < -0.3 is 15.3 Å². The van der Waals surface area contributed by atoms with Gasteiger partial charge in [0.15, 0.2) is 0 Å². The van der Waals surface area contributed by atoms with Crippen LogP contribution in [0.25, 0.3) is 0 Å². The van der Waals surface area contributed by atoms with Crippen molar-refractivity contribution >= 4 is 5.91 Å². The Morgan fingerprint density at radius 2 is 2.21 bits per heavy atom. The number of nitrogens with one attached hydrogen (secondary N) is 1. The summed E-state index contributed by atoms with van der Waals surface area (Å²) >= 11 is 0. The minimum absolute atomic E-state index is 0.0913. The fourth-order valence-electron chi connectivity index (χ4n) is 1.90. The molecule has 2 atom stereocenters. The molecular formula is C10H20N2O2. The van der Waals surface area contributed by atoms with Crippen LogP contribution in [0.1, 0.15) is 19.3 Å². The lowest BCUT2D eigenvalue weighted by molar-refractivity contribution is -0.127. The zero-order valence-electron chi connectivity index (χ0n) is 8.99. The molecule has 14 heavy (non-hydrogen) atoms. The summed E-state index contributed by atoms with van der Waals surface area (Å²) in [6.07, 6.45) is 3.30. The molecular weight excluding hydrogens is 180 g/mol. The molecule has 1 aliphatic rings. The van der Waals surface area contributed by atoms with Gasteiger partial charge in [-0.25, -0.2) is 0 Å². The Hall–Kier alpha value is -0.610. The highest BCUT2D eigenvalue weighted by atomic mass is 16.3. The molecule has 0 aromatic rings. The van der Waals surface area contributed by atoms with Crippen molar-refractivity contribution in [3.05, 3.63) is 0 Å². The quantitative estimate of drug-likeness (QED) is 0.662. The first kappa shape index (κ1) is 11.5. The molecule has 2 unspecified atom stereocenters. The SMILES string of the molecule is CN(C)C(=O)CNC1CCCC1CO. The van der Waals surface area contributed by atoms with Gasteiger partial charge in [0.05, 0.1) is 6.54 Å². The Labute approximate surface area is 85.3 Å². The maximum atomic E-state index is 11.3. The van der Waals surface area contributed by atoms with Crippen LogP contribution in [0.15, 0.2) is 0 Å². The van der Waals surface area contributed by atoms with E-state index in [-0.39, 0.29) is 12.5 Å². The van der Waals surface area contributed by atoms with E-state index in [2.05, 4.69) is 5.32 Å². The van der Waals surface area contributed by atoms with Gasteiger partial charge in [-0.1, -0.05) is 6.42 Å². The molecule has 4 heteroatoms. The molecule has 0 heterocycles. The molecule has 1 aliphatic carbocycles. The van der Waals surface area contributed by atoms with Crippen molar-refractivity contribution in [2.45, 2.75) is 25.3 Å². The monoisotopic (exact) mass is 200 g/mol. The molecule has 0 radical (unpaired) electrons. The Bertz CT molecular complexity index is 195. The van der Waals surface area contributed by atoms with Crippen molar-refractivity contribution in [1.82, 2.24) is 10.2 Å². The molecule has 0 spiro atoms. The minimum Gasteiger partial charge on any atom is -0.396 e. The molecule has 0 aromatic heterocycles. The maximum absolute atomic E-state index is 11.3. The van der Waals surface area contributed by atoms with Crippen LogP contribution in [0, 0.1) is 5.92 Å². The molecule has 1 saturated carbocycles. The van der Waals surface area contributed by atoms with Crippen molar-refractivity contribution < 1.29 is 9.90 Å². The van der Waals surface area contributed by atoms with Crippen molar-refractivity contribution in [3.8, 4) is 0 Å². The van der Waals surface area contributed by atoms with Gasteiger partial charge in [0.2, 0.25) is 5.91 Å². The van der Waals surface area contributed by atoms with Crippen molar-refractivity contribution in [1.29, 1.82) is 0 Å². The van der Waals surface area contributed by atoms with Gasteiger partial charge in [-0.3, -0.25) is 4.79 Å². The van der Waals surface area contributed by atoms with Crippen molar-refractivity contribution in [3.63, 3.8) is 0 Å². The smallest absolute Gasteiger partial charge is 0.236 e. The predicted octanol–water partition coefficient (Wildman–Crippen LogP) is -0.175. The molecule has 4 nitrogen and oxygen atoms in total. The highest BCUT2D eigenvalue weighted by molar-refractivity contribution is 5.77. The zero-order chi connectivity index (χ0) is 10.6. The number of rotatable bonds is 4. The van der Waals surface area contributed by atoms with Crippen LogP contribution in [0.2, 0.25) is 0 Å². The summed E-state index contributed by atoms with van der Waals surface area (Å²) < 4.78 is 0. The zero-order valence-corrected chi connectivity index (χ0v) is 8.99. The summed E-state index contributed by atoms with van der Waals surface area (Å²) in [6.45, 7) is 0.613. The van der Waals surface area contributed by atoms with Crippen LogP contribution in [-0.4, -0.2) is 49.2 Å². The first-order chi connectivity index (χ1) is 6.65. The predicted molar refractivity (Wildman–Crippen MR) is 54.9 cm³/mol. The lowest BCUT2D eigenvalue weighted by Crippen LogP contribution is -2.41. The lowest BCUT2D eigenvalue weighted by Gasteiger charge is -2.19. The van der Waals surface area contributed by atoms with Gasteiger partial charge in [-0.2, -0.15) is 0 Å². The lowest BCUT2D eigenvalue weighted by atomic mass is 10.1. The topological polar surface area (TPSA) is 52.6 Å². The highest BCUT2D eigenvalue weighted by Crippen LogP contribution is 2.24. The number of hydrogen-bond acceptors (Lipinski definition) is 3. The first-order valence-corrected chi connectivity index (χ1v) is 5.19. The molecule has 2 N–H and O–H groups in total. The van der Waals surface area contributed by atoms with Gasteiger partial charge in [-0.05, 0) is 18.8 Å². The van der Waals surface area contributed by atoms with E-state index in [0.29, 0.717) is 18.5 Å². The molecule has 1 amide bonds. The minimum atomic E-state index is 0.0913. The number of aliphatic hydroxyl groups is 1. The second-order valence-electron chi connectivity index (χ2n) is 4.15. The van der Waals surface area contributed by atoms with Crippen LogP contribution in [-0.2, 0) is 4.79 Å². The number of carbonyl (C=O) groups excluding carboxylic acids is 1. The number of amides is 1. The maximum Gasteiger partial charge on any atom is 0.236 e. The number of nitrogens with zero attached hydrogens (tertiary/aromatic N) is 1. The number of carbonyl (C=O) groups is 1. The Morgan fingerprint density at radius 1 is 1.50 bits per heavy atom. The van der Waals surface area contributed by atoms with Gasteiger partial charge in [-0.15, -0.1) is 0 Å². The van der Waals surface area contributed by atoms with Gasteiger partial charge in [0.1, 0.15) is 0 Å². The van der Waals surface area contributed by atoms with Crippen LogP contribution in [0.5, 0.6) is 0 Å². The number of aliphatic hydroxyl groups excluding tert-OH is 1. The molecule has 0 aromatic carbocycles. The van der Waals surface area contributed by atoms with E-state index in [1.165, 1.54) is 0 Å². The fourth-order valence-corrected chi connectivity index (χ4v) is 1.90. The highest BCUT2D eigenvalue weighted by Gasteiger charge is 2.26. The van der Waals surface area contributed by atoms with Gasteiger partial charge >= 0.3 is 0 Å². The van der Waals surface area contributed by atoms with E-state index < -0.39 is 0 Å². The number of likely N-dealkylation sites (N-methyl/N-ethyl adjacent to an activating group) is 1. The number of hydrogen-bond donors (Lipinski definition) is 2. The normalized spacial score (nSPS) is 26.5. The summed E-state index contributed by atoms with van der Waals surface area (Å²) in [7, 11) is 3.50. The van der Waals surface area contributed by atoms with Gasteiger partial charge in [0.25, 0.3) is 0 Å². The fraction of sp³-hybridized carbons (Fsp3) is 0.900. The summed E-state index contributed by atoms with van der Waals surface area (Å²) in [6, 6.07) is 0.323. The van der Waals surface area contributed by atoms with E-state index in [1.54, 1.807) is 19.0 Å². The molecule has 1 fully saturated rings. The Morgan fingerprint density at radius 3 is 2.79 bits per heavy atom. The first-order valence-electron chi connectivity index (χ1n) is 5.19. The molecule has 0 bridgehead atoms. The van der Waals surface area contributed by atoms with Crippen LogP contribution in [0.4, 0.5) is 0 Å². The summed E-state index contributed by atoms with van der Waals surface area (Å²) in [4.78, 5) is 12.9. The molecule has 82 valence electrons. The third-order valence-corrected chi connectivity index (χ3v) is 2.91. The molecule has 0 saturated heterocycles. The van der Waals surface area contributed by atoms with Crippen LogP contribution < -0.4 is 5.32 Å². The van der Waals surface area contributed by atoms with E-state index in [1.807, 2.05) is 0 Å². The van der Waals surface area contributed by atoms with Crippen LogP contribution in [0.3, 0.4) is 0 Å². The Balaban J connectivity index is 2.27. The second-order valence-corrected chi connectivity index (χ2v) is 4.15. The van der Waals surface area contributed by atoms with Crippen LogP contribution >= 0.6 is 0 Å². The van der Waals surface area contributed by atoms with Crippen molar-refractivity contribution in [2.75, 3.05) is 27.2 Å². The third kappa shape index (κ3) is 2.96. The molecule has 1 rings (SSSR count). The third-order valence-electron chi connectivity index (χ3n) is 2.91. The summed E-state index contributed by atoms with van der Waals surface area (Å²) in [5, 5.41) is 12.3. The van der Waals surface area contributed by atoms with E-state index in [0.717, 1.165) is 19.3 Å². The summed E-state index contributed by atoms with van der Waals surface area (Å²) in [5.41, 5.74) is 0. The second kappa shape index (κ2) is 5.32. The van der Waals surface area contributed by atoms with E-state index >= 15 is 0 Å².